The molecule has 0 aromatic heterocycles. The first kappa shape index (κ1) is 38.7. The fraction of sp³-hybridized carbons (Fsp3) is 0.405. The van der Waals surface area contributed by atoms with Crippen molar-refractivity contribution in [2.24, 2.45) is 10.8 Å². The molecule has 5 rings (SSSR count). The number of carbonyl (C=O) groups is 4. The Morgan fingerprint density at radius 2 is 1.27 bits per heavy atom. The number of fused-ring (bicyclic) bond motifs is 6. The molecule has 10 nitrogen and oxygen atoms in total. The Morgan fingerprint density at radius 3 is 1.76 bits per heavy atom. The Morgan fingerprint density at radius 1 is 0.765 bits per heavy atom. The summed E-state index contributed by atoms with van der Waals surface area (Å²) in [5, 5.41) is 11.5. The Balaban J connectivity index is 1.68. The van der Waals surface area contributed by atoms with E-state index in [1.807, 2.05) is 0 Å². The second-order valence-electron chi connectivity index (χ2n) is 14.4. The highest BCUT2D eigenvalue weighted by molar-refractivity contribution is 6.40. The number of carbonyl (C=O) groups excluding carboxylic acids is 4. The lowest BCUT2D eigenvalue weighted by atomic mass is 9.77. The maximum Gasteiger partial charge on any atom is 0.341 e. The molecule has 14 heteroatoms. The second-order valence-corrected chi connectivity index (χ2v) is 16.0. The molecule has 51 heavy (non-hydrogen) atoms. The van der Waals surface area contributed by atoms with E-state index in [1.165, 1.54) is 30.3 Å². The predicted molar refractivity (Wildman–Crippen MR) is 193 cm³/mol. The molecule has 1 amide bonds. The maximum absolute atomic E-state index is 13.9. The molecule has 0 saturated carbocycles. The summed E-state index contributed by atoms with van der Waals surface area (Å²) in [6.45, 7) is 10.5. The number of hydrogen-bond donors (Lipinski definition) is 2. The van der Waals surface area contributed by atoms with Gasteiger partial charge in [0, 0.05) is 42.0 Å². The molecule has 2 aliphatic heterocycles. The quantitative estimate of drug-likeness (QED) is 0.124. The molecule has 0 atom stereocenters. The Labute approximate surface area is 315 Å². The number of esters is 3. The van der Waals surface area contributed by atoms with Crippen LogP contribution in [-0.4, -0.2) is 42.1 Å². The minimum absolute atomic E-state index is 0.0127. The number of halogens is 4. The molecule has 0 radical (unpaired) electrons. The van der Waals surface area contributed by atoms with Crippen LogP contribution in [-0.2, 0) is 19.9 Å². The van der Waals surface area contributed by atoms with Crippen molar-refractivity contribution in [3.63, 3.8) is 0 Å². The van der Waals surface area contributed by atoms with Crippen LogP contribution in [0.4, 0.5) is 0 Å². The van der Waals surface area contributed by atoms with Gasteiger partial charge in [-0.25, -0.2) is 4.79 Å². The first-order valence-corrected chi connectivity index (χ1v) is 17.8. The number of unbranched alkanes of at least 4 members (excludes halogenated alkanes) is 3. The largest absolute Gasteiger partial charge is 0.456 e. The highest BCUT2D eigenvalue weighted by Crippen LogP contribution is 2.61. The van der Waals surface area contributed by atoms with E-state index in [0.717, 1.165) is 12.8 Å². The number of aliphatic hydroxyl groups excluding tert-OH is 1. The molecule has 0 fully saturated rings. The molecular weight excluding hydrogens is 744 g/mol. The van der Waals surface area contributed by atoms with Crippen LogP contribution in [0.15, 0.2) is 30.3 Å². The van der Waals surface area contributed by atoms with Gasteiger partial charge < -0.3 is 29.4 Å². The topological polar surface area (TPSA) is 137 Å². The van der Waals surface area contributed by atoms with Gasteiger partial charge >= 0.3 is 17.9 Å². The number of nitrogens with one attached hydrogen (secondary N) is 1. The first-order valence-electron chi connectivity index (χ1n) is 16.3. The molecule has 2 heterocycles. The van der Waals surface area contributed by atoms with E-state index in [0.29, 0.717) is 19.4 Å². The summed E-state index contributed by atoms with van der Waals surface area (Å²) in [4.78, 5) is 52.9. The zero-order chi connectivity index (χ0) is 37.6. The molecule has 3 aromatic rings. The molecule has 0 bridgehead atoms. The summed E-state index contributed by atoms with van der Waals surface area (Å²) in [5.74, 6) is -2.50. The minimum atomic E-state index is -1.88. The summed E-state index contributed by atoms with van der Waals surface area (Å²) in [7, 11) is 0. The summed E-state index contributed by atoms with van der Waals surface area (Å²) >= 11 is 27.2. The van der Waals surface area contributed by atoms with Crippen molar-refractivity contribution in [2.45, 2.75) is 72.8 Å². The lowest BCUT2D eigenvalue weighted by Gasteiger charge is -2.37. The van der Waals surface area contributed by atoms with Gasteiger partial charge in [0.15, 0.2) is 17.1 Å². The number of ether oxygens (including phenoxy) is 4. The molecule has 0 unspecified atom stereocenters. The van der Waals surface area contributed by atoms with Crippen molar-refractivity contribution in [1.29, 1.82) is 0 Å². The van der Waals surface area contributed by atoms with Gasteiger partial charge in [-0.05, 0) is 72.6 Å². The molecular formula is C37H37Cl4NO9. The van der Waals surface area contributed by atoms with E-state index >= 15 is 0 Å². The molecule has 3 aromatic carbocycles. The van der Waals surface area contributed by atoms with E-state index in [9.17, 15) is 19.2 Å². The van der Waals surface area contributed by atoms with Crippen LogP contribution >= 0.6 is 46.4 Å². The lowest BCUT2D eigenvalue weighted by Crippen LogP contribution is -2.34. The van der Waals surface area contributed by atoms with Crippen molar-refractivity contribution in [2.75, 3.05) is 13.2 Å². The monoisotopic (exact) mass is 779 g/mol. The fourth-order valence-electron chi connectivity index (χ4n) is 5.55. The highest BCUT2D eigenvalue weighted by Gasteiger charge is 2.57. The number of rotatable bonds is 9. The number of benzene rings is 3. The van der Waals surface area contributed by atoms with E-state index in [2.05, 4.69) is 5.32 Å². The standard InChI is InChI=1S/C37H37Cl4NO9/c1-35(2,3)33(46)49-26-16-24-19(14-21(26)38)37(20-15-22(39)27(17-25(20)48-24)50-34(47)36(4,5)6)29-23(40)13-18(30(41)28(29)32(45)51-37)31(44)42-11-9-7-8-10-12-43/h13-17,43H,7-12H2,1-6H3,(H,42,44). The number of hydrogen-bond acceptors (Lipinski definition) is 9. The van der Waals surface area contributed by atoms with Crippen molar-refractivity contribution >= 4 is 70.2 Å². The third kappa shape index (κ3) is 7.39. The zero-order valence-corrected chi connectivity index (χ0v) is 31.9. The van der Waals surface area contributed by atoms with Gasteiger partial charge in [0.25, 0.3) is 5.91 Å². The molecule has 2 aliphatic rings. The fourth-order valence-corrected chi connectivity index (χ4v) is 6.60. The van der Waals surface area contributed by atoms with Crippen molar-refractivity contribution < 1.29 is 43.2 Å². The van der Waals surface area contributed by atoms with Gasteiger partial charge in [0.2, 0.25) is 0 Å². The van der Waals surface area contributed by atoms with E-state index in [-0.39, 0.29) is 77.5 Å². The smallest absolute Gasteiger partial charge is 0.341 e. The lowest BCUT2D eigenvalue weighted by molar-refractivity contribution is -0.143. The maximum atomic E-state index is 13.9. The molecule has 1 spiro atoms. The Hall–Kier alpha value is -3.54. The van der Waals surface area contributed by atoms with Gasteiger partial charge in [-0.1, -0.05) is 59.2 Å². The van der Waals surface area contributed by atoms with Gasteiger partial charge in [0.05, 0.1) is 42.0 Å². The summed E-state index contributed by atoms with van der Waals surface area (Å²) in [6.07, 6.45) is 2.95. The van der Waals surface area contributed by atoms with Gasteiger partial charge in [-0.15, -0.1) is 0 Å². The van der Waals surface area contributed by atoms with Crippen molar-refractivity contribution in [3.8, 4) is 23.0 Å². The average Bonchev–Trinajstić information content (AvgIpc) is 3.35. The van der Waals surface area contributed by atoms with Gasteiger partial charge in [-0.3, -0.25) is 14.4 Å². The second kappa shape index (κ2) is 14.5. The molecule has 0 saturated heterocycles. The van der Waals surface area contributed by atoms with E-state index in [1.54, 1.807) is 41.5 Å². The first-order chi connectivity index (χ1) is 23.8. The van der Waals surface area contributed by atoms with Crippen molar-refractivity contribution in [3.05, 3.63) is 78.2 Å². The van der Waals surface area contributed by atoms with E-state index in [4.69, 9.17) is 70.5 Å². The zero-order valence-electron chi connectivity index (χ0n) is 28.9. The highest BCUT2D eigenvalue weighted by atomic mass is 35.5. The number of amides is 1. The van der Waals surface area contributed by atoms with Crippen LogP contribution in [0.3, 0.4) is 0 Å². The van der Waals surface area contributed by atoms with Gasteiger partial charge in [-0.2, -0.15) is 0 Å². The van der Waals surface area contributed by atoms with Crippen LogP contribution in [0, 0.1) is 10.8 Å². The summed E-state index contributed by atoms with van der Waals surface area (Å²) in [6, 6.07) is 6.97. The SMILES string of the molecule is CC(C)(C)C(=O)Oc1cc2c(cc1Cl)C1(OC(=O)c3c(Cl)c(C(=O)NCCCCCCO)cc(Cl)c31)c1cc(Cl)c(OC(=O)C(C)(C)C)cc1O2. The minimum Gasteiger partial charge on any atom is -0.456 e. The Bertz CT molecular complexity index is 1860. The normalized spacial score (nSPS) is 14.2. The predicted octanol–water partition coefficient (Wildman–Crippen LogP) is 9.05. The van der Waals surface area contributed by atoms with Crippen LogP contribution in [0.25, 0.3) is 0 Å². The Kier molecular flexibility index (Phi) is 11.0. The average molecular weight is 782 g/mol. The third-order valence-corrected chi connectivity index (χ3v) is 9.59. The van der Waals surface area contributed by atoms with Crippen LogP contribution in [0.2, 0.25) is 20.1 Å². The van der Waals surface area contributed by atoms with E-state index < -0.39 is 40.2 Å². The summed E-state index contributed by atoms with van der Waals surface area (Å²) < 4.78 is 23.8. The molecule has 272 valence electrons. The van der Waals surface area contributed by atoms with Crippen molar-refractivity contribution in [1.82, 2.24) is 5.32 Å². The van der Waals surface area contributed by atoms with Gasteiger partial charge in [0.1, 0.15) is 11.5 Å². The number of aliphatic hydroxyl groups is 1. The van der Waals surface area contributed by atoms with Crippen LogP contribution < -0.4 is 19.5 Å². The van der Waals surface area contributed by atoms with Crippen LogP contribution in [0.5, 0.6) is 23.0 Å². The molecule has 2 N–H and O–H groups in total. The summed E-state index contributed by atoms with van der Waals surface area (Å²) in [5.41, 5.74) is -3.35. The molecule has 0 aliphatic carbocycles. The van der Waals surface area contributed by atoms with Crippen LogP contribution in [0.1, 0.15) is 105 Å². The third-order valence-electron chi connectivity index (χ3n) is 8.31.